The van der Waals surface area contributed by atoms with Crippen LogP contribution in [0.3, 0.4) is 0 Å². The Morgan fingerprint density at radius 3 is 2.44 bits per heavy atom. The number of carbonyl (C=O) groups excluding carboxylic acids is 8. The number of likely N-dealkylation sites (N-methyl/N-ethyl adjacent to an activating group) is 2. The lowest BCUT2D eigenvalue weighted by atomic mass is 9.81. The van der Waals surface area contributed by atoms with E-state index in [1.165, 1.54) is 35.2 Å². The molecule has 6 amide bonds. The van der Waals surface area contributed by atoms with Crippen molar-refractivity contribution in [2.24, 2.45) is 17.8 Å². The van der Waals surface area contributed by atoms with Crippen molar-refractivity contribution in [3.8, 4) is 0 Å². The standard InChI is InChI=1S/C51H74ClN5O19S/c1-28-11-9-13-38(69-8)51(67)24-37(73-47(64)54-51)29(2)44-50(4,75-44)39(23-33(58)22-32-20-31(19-28)21-36(68-7)43(32)52)74-45(62)30(3)56(6)40(59)16-18-77-48(65)53-35(46(63)76-57-41(60)14-15-42(57)61)25-55(5)49(66)72-34-12-10-17-70-27-71-26-34/h10,12,21,28-30,32-35,37-39,44,58,67H,9,11,13-20,22-27H2,1-8H3,(H,53,65)(H,54,64)/b12-10+/t28?,29-,30+,32?,33?,34?,35?,37+,38-,39+,44+,50+,51+/m1/s1. The fourth-order valence-electron chi connectivity index (χ4n) is 10.2. The summed E-state index contributed by atoms with van der Waals surface area (Å²) in [6, 6.07) is -2.81. The minimum atomic E-state index is -1.77. The second kappa shape index (κ2) is 27.2. The number of amides is 6. The van der Waals surface area contributed by atoms with E-state index in [0.29, 0.717) is 53.3 Å². The van der Waals surface area contributed by atoms with E-state index in [4.69, 9.17) is 54.3 Å². The molecule has 4 heterocycles. The van der Waals surface area contributed by atoms with E-state index in [2.05, 4.69) is 17.6 Å². The maximum Gasteiger partial charge on any atom is 0.410 e. The highest BCUT2D eigenvalue weighted by atomic mass is 35.5. The number of hydroxylamine groups is 2. The molecule has 0 aromatic carbocycles. The van der Waals surface area contributed by atoms with Gasteiger partial charge in [0.1, 0.15) is 54.7 Å². The molecule has 0 aromatic heterocycles. The van der Waals surface area contributed by atoms with Gasteiger partial charge in [-0.3, -0.25) is 24.5 Å². The Kier molecular flexibility index (Phi) is 21.6. The third-order valence-electron chi connectivity index (χ3n) is 14.9. The summed E-state index contributed by atoms with van der Waals surface area (Å²) in [4.78, 5) is 112. The first-order valence-corrected chi connectivity index (χ1v) is 27.3. The summed E-state index contributed by atoms with van der Waals surface area (Å²) in [6.45, 7) is 6.76. The number of nitrogens with zero attached hydrogens (tertiary/aromatic N) is 3. The Labute approximate surface area is 457 Å². The van der Waals surface area contributed by atoms with Crippen LogP contribution in [-0.2, 0) is 66.7 Å². The molecule has 4 fully saturated rings. The maximum absolute atomic E-state index is 14.1. The summed E-state index contributed by atoms with van der Waals surface area (Å²) in [6.07, 6.45) is 0.681. The van der Waals surface area contributed by atoms with Gasteiger partial charge in [0, 0.05) is 70.9 Å². The van der Waals surface area contributed by atoms with E-state index in [9.17, 15) is 48.6 Å². The number of carbonyl (C=O) groups is 8. The molecule has 0 radical (unpaired) electrons. The Morgan fingerprint density at radius 1 is 1.01 bits per heavy atom. The summed E-state index contributed by atoms with van der Waals surface area (Å²) in [5.41, 5.74) is -1.92. The lowest BCUT2D eigenvalue weighted by Gasteiger charge is -2.43. The number of fused-ring (bicyclic) bond motifs is 5. The fraction of sp³-hybridized carbons (Fsp3) is 0.725. The van der Waals surface area contributed by atoms with Crippen LogP contribution >= 0.6 is 23.4 Å². The lowest BCUT2D eigenvalue weighted by Crippen LogP contribution is -2.64. The van der Waals surface area contributed by atoms with Gasteiger partial charge < -0.3 is 68.1 Å². The van der Waals surface area contributed by atoms with E-state index in [-0.39, 0.29) is 76.1 Å². The molecule has 13 atom stereocenters. The molecular formula is C51H74ClN5O19S. The third kappa shape index (κ3) is 16.1. The molecule has 6 aliphatic rings. The van der Waals surface area contributed by atoms with Crippen LogP contribution in [0.25, 0.3) is 0 Å². The number of allylic oxidation sites excluding steroid dienone is 3. The molecule has 4 aliphatic heterocycles. The molecule has 5 unspecified atom stereocenters. The average Bonchev–Trinajstić information content (AvgIpc) is 3.99. The number of imide groups is 1. The molecule has 77 heavy (non-hydrogen) atoms. The number of epoxide rings is 1. The van der Waals surface area contributed by atoms with Gasteiger partial charge >= 0.3 is 24.1 Å². The molecule has 4 N–H and O–H groups in total. The molecule has 0 spiro atoms. The van der Waals surface area contributed by atoms with Crippen molar-refractivity contribution < 1.29 is 91.3 Å². The number of hydrogen-bond donors (Lipinski definition) is 4. The second-order valence-electron chi connectivity index (χ2n) is 20.8. The number of nitrogens with one attached hydrogen (secondary N) is 2. The van der Waals surface area contributed by atoms with E-state index >= 15 is 0 Å². The van der Waals surface area contributed by atoms with Crippen LogP contribution < -0.4 is 10.6 Å². The van der Waals surface area contributed by atoms with Gasteiger partial charge in [-0.2, -0.15) is 0 Å². The number of thioether (sulfide) groups is 1. The fourth-order valence-corrected chi connectivity index (χ4v) is 11.2. The van der Waals surface area contributed by atoms with Gasteiger partial charge in [0.2, 0.25) is 5.91 Å². The number of ether oxygens (including phenoxy) is 8. The zero-order valence-electron chi connectivity index (χ0n) is 44.9. The smallest absolute Gasteiger partial charge is 0.410 e. The van der Waals surface area contributed by atoms with Gasteiger partial charge in [-0.1, -0.05) is 61.7 Å². The number of aliphatic hydroxyl groups excluding tert-OH is 1. The van der Waals surface area contributed by atoms with Gasteiger partial charge in [0.05, 0.1) is 44.1 Å². The molecule has 26 heteroatoms. The van der Waals surface area contributed by atoms with Crippen LogP contribution in [0.15, 0.2) is 34.6 Å². The molecule has 430 valence electrons. The first-order chi connectivity index (χ1) is 36.5. The monoisotopic (exact) mass is 1130 g/mol. The highest BCUT2D eigenvalue weighted by Crippen LogP contribution is 2.50. The Hall–Kier alpha value is -5.02. The van der Waals surface area contributed by atoms with Crippen LogP contribution in [0.5, 0.6) is 0 Å². The van der Waals surface area contributed by atoms with Gasteiger partial charge in [0.25, 0.3) is 17.1 Å². The van der Waals surface area contributed by atoms with Crippen LogP contribution in [-0.4, -0.2) is 193 Å². The Balaban J connectivity index is 1.11. The average molecular weight is 1130 g/mol. The van der Waals surface area contributed by atoms with E-state index in [1.807, 2.05) is 6.08 Å². The van der Waals surface area contributed by atoms with Crippen LogP contribution in [0.2, 0.25) is 0 Å². The number of esters is 1. The Bertz CT molecular complexity index is 2270. The summed E-state index contributed by atoms with van der Waals surface area (Å²) < 4.78 is 45.6. The number of rotatable bonds is 14. The van der Waals surface area contributed by atoms with Gasteiger partial charge in [-0.15, -0.1) is 5.06 Å². The molecule has 4 bridgehead atoms. The van der Waals surface area contributed by atoms with Crippen molar-refractivity contribution in [3.05, 3.63) is 34.6 Å². The van der Waals surface area contributed by atoms with Crippen molar-refractivity contribution in [3.63, 3.8) is 0 Å². The van der Waals surface area contributed by atoms with Gasteiger partial charge in [0.15, 0.2) is 5.72 Å². The first kappa shape index (κ1) is 61.2. The maximum atomic E-state index is 14.1. The number of halogens is 1. The molecular weight excluding hydrogens is 1050 g/mol. The third-order valence-corrected chi connectivity index (χ3v) is 16.2. The van der Waals surface area contributed by atoms with Gasteiger partial charge in [-0.05, 0) is 57.6 Å². The summed E-state index contributed by atoms with van der Waals surface area (Å²) in [7, 11) is 5.68. The molecule has 2 aliphatic carbocycles. The normalized spacial score (nSPS) is 32.3. The van der Waals surface area contributed by atoms with Crippen LogP contribution in [0.1, 0.15) is 98.3 Å². The molecule has 0 aromatic rings. The predicted octanol–water partition coefficient (Wildman–Crippen LogP) is 3.94. The summed E-state index contributed by atoms with van der Waals surface area (Å²) >= 11 is 7.49. The Morgan fingerprint density at radius 2 is 1.74 bits per heavy atom. The molecule has 1 saturated carbocycles. The second-order valence-corrected chi connectivity index (χ2v) is 22.2. The van der Waals surface area contributed by atoms with Crippen LogP contribution in [0, 0.1) is 17.8 Å². The highest BCUT2D eigenvalue weighted by Gasteiger charge is 2.64. The van der Waals surface area contributed by atoms with E-state index < -0.39 is 120 Å². The van der Waals surface area contributed by atoms with Crippen LogP contribution in [0.4, 0.5) is 14.4 Å². The number of alkyl carbamates (subject to hydrolysis) is 1. The van der Waals surface area contributed by atoms with E-state index in [1.54, 1.807) is 26.0 Å². The number of methoxy groups -OCH3 is 2. The SMILES string of the molecule is COC1=C(Cl)C2CC(=C1)CC(C)CCC[C@@H](OC)[C@@]1(O)C[C@H](OC(=O)N1)[C@@H](C)[C@@H]1O[C@@]1(C)[C@@H](OC(=O)[C@H](C)N(C)C(=O)CCSC(=O)NC(CN(C)C(=O)OC1/C=C/COCOC1)C(=O)ON1C(=O)CCC1=O)CC(O)C2. The van der Waals surface area contributed by atoms with Crippen molar-refractivity contribution in [1.29, 1.82) is 0 Å². The lowest BCUT2D eigenvalue weighted by molar-refractivity contribution is -0.199. The number of hydrogen-bond acceptors (Lipinski definition) is 20. The number of aliphatic hydroxyl groups is 2. The molecule has 24 nitrogen and oxygen atoms in total. The van der Waals surface area contributed by atoms with Gasteiger partial charge in [-0.25, -0.2) is 19.2 Å². The van der Waals surface area contributed by atoms with Crippen molar-refractivity contribution in [2.45, 2.75) is 158 Å². The van der Waals surface area contributed by atoms with E-state index in [0.717, 1.165) is 21.8 Å². The quantitative estimate of drug-likeness (QED) is 0.0630. The highest BCUT2D eigenvalue weighted by molar-refractivity contribution is 8.13. The predicted molar refractivity (Wildman–Crippen MR) is 273 cm³/mol. The minimum Gasteiger partial charge on any atom is -0.496 e. The zero-order valence-corrected chi connectivity index (χ0v) is 46.4. The molecule has 6 rings (SSSR count). The van der Waals surface area contributed by atoms with Crippen molar-refractivity contribution in [1.82, 2.24) is 25.5 Å². The summed E-state index contributed by atoms with van der Waals surface area (Å²) in [5.74, 6) is -4.48. The topological polar surface area (TPSA) is 297 Å². The van der Waals surface area contributed by atoms with Crippen molar-refractivity contribution >= 4 is 70.4 Å². The largest absolute Gasteiger partial charge is 0.496 e. The van der Waals surface area contributed by atoms with Crippen molar-refractivity contribution in [2.75, 3.05) is 60.6 Å². The molecule has 3 saturated heterocycles. The summed E-state index contributed by atoms with van der Waals surface area (Å²) in [5, 5.41) is 28.7. The zero-order chi connectivity index (χ0) is 56.4. The minimum absolute atomic E-state index is 0.0199. The first-order valence-electron chi connectivity index (χ1n) is 25.9.